The van der Waals surface area contributed by atoms with Crippen molar-refractivity contribution in [1.29, 1.82) is 0 Å². The van der Waals surface area contributed by atoms with Gasteiger partial charge in [0.05, 0.1) is 11.9 Å². The quantitative estimate of drug-likeness (QED) is 0.578. The van der Waals surface area contributed by atoms with Crippen LogP contribution < -0.4 is 16.2 Å². The highest BCUT2D eigenvalue weighted by Crippen LogP contribution is 2.43. The standard InChI is InChI=1S/C25H28N6/c1-3-8-21(9-4-1)18-31-17-7-14-24(19-31,29-23-10-5-2-6-11-23)25(27-20-28-30-25)22-12-15-26-16-13-22/h1-6,8-13,15-16,20,29-30H,7,14,17-19H2,(H,27,28). The first-order chi connectivity index (χ1) is 15.3. The number of nitrogens with zero attached hydrogens (tertiary/aromatic N) is 3. The first kappa shape index (κ1) is 19.7. The smallest absolute Gasteiger partial charge is 0.178 e. The van der Waals surface area contributed by atoms with Crippen LogP contribution in [0.3, 0.4) is 0 Å². The lowest BCUT2D eigenvalue weighted by atomic mass is 9.73. The number of benzene rings is 2. The molecule has 2 atom stereocenters. The highest BCUT2D eigenvalue weighted by atomic mass is 15.5. The normalized spacial score (nSPS) is 25.8. The van der Waals surface area contributed by atoms with Crippen molar-refractivity contribution in [3.05, 3.63) is 96.3 Å². The summed E-state index contributed by atoms with van der Waals surface area (Å²) < 4.78 is 0. The SMILES string of the molecule is C1=NC(c2ccncc2)(C2(Nc3ccccc3)CCCN(Cc3ccccc3)C2)NN1. The molecule has 0 amide bonds. The fraction of sp³-hybridized carbons (Fsp3) is 0.280. The summed E-state index contributed by atoms with van der Waals surface area (Å²) in [5, 5.41) is 3.91. The Balaban J connectivity index is 1.55. The fourth-order valence-corrected chi connectivity index (χ4v) is 4.96. The Morgan fingerprint density at radius 3 is 2.39 bits per heavy atom. The summed E-state index contributed by atoms with van der Waals surface area (Å²) in [5.41, 5.74) is 9.19. The van der Waals surface area contributed by atoms with E-state index in [1.165, 1.54) is 5.56 Å². The lowest BCUT2D eigenvalue weighted by Gasteiger charge is -2.52. The van der Waals surface area contributed by atoms with E-state index in [0.717, 1.165) is 43.7 Å². The zero-order valence-corrected chi connectivity index (χ0v) is 17.5. The Morgan fingerprint density at radius 2 is 1.68 bits per heavy atom. The summed E-state index contributed by atoms with van der Waals surface area (Å²) in [5.74, 6) is 0. The van der Waals surface area contributed by atoms with Crippen LogP contribution in [-0.2, 0) is 12.2 Å². The van der Waals surface area contributed by atoms with Crippen LogP contribution in [0.25, 0.3) is 0 Å². The Bertz CT molecular complexity index is 1010. The van der Waals surface area contributed by atoms with Crippen LogP contribution in [0.5, 0.6) is 0 Å². The van der Waals surface area contributed by atoms with Gasteiger partial charge in [0.15, 0.2) is 5.66 Å². The van der Waals surface area contributed by atoms with Gasteiger partial charge in [-0.05, 0) is 49.2 Å². The third kappa shape index (κ3) is 3.80. The second kappa shape index (κ2) is 8.49. The van der Waals surface area contributed by atoms with Crippen molar-refractivity contribution < 1.29 is 0 Å². The van der Waals surface area contributed by atoms with Crippen LogP contribution >= 0.6 is 0 Å². The van der Waals surface area contributed by atoms with Gasteiger partial charge in [0.2, 0.25) is 0 Å². The van der Waals surface area contributed by atoms with E-state index < -0.39 is 5.66 Å². The summed E-state index contributed by atoms with van der Waals surface area (Å²) in [6.07, 6.45) is 7.52. The molecule has 2 aromatic carbocycles. The molecule has 3 aromatic rings. The van der Waals surface area contributed by atoms with Gasteiger partial charge in [0.25, 0.3) is 0 Å². The van der Waals surface area contributed by atoms with E-state index in [0.29, 0.717) is 0 Å². The van der Waals surface area contributed by atoms with Crippen LogP contribution in [0.2, 0.25) is 0 Å². The number of aromatic nitrogens is 1. The number of anilines is 1. The number of piperidine rings is 1. The van der Waals surface area contributed by atoms with Crippen LogP contribution in [0.4, 0.5) is 5.69 Å². The Morgan fingerprint density at radius 1 is 0.935 bits per heavy atom. The minimum atomic E-state index is -0.652. The molecule has 5 rings (SSSR count). The van der Waals surface area contributed by atoms with Gasteiger partial charge in [0, 0.05) is 36.7 Å². The summed E-state index contributed by atoms with van der Waals surface area (Å²) in [4.78, 5) is 11.8. The maximum atomic E-state index is 5.01. The minimum absolute atomic E-state index is 0.358. The van der Waals surface area contributed by atoms with Crippen molar-refractivity contribution in [3.63, 3.8) is 0 Å². The number of nitrogens with one attached hydrogen (secondary N) is 3. The summed E-state index contributed by atoms with van der Waals surface area (Å²) in [6, 6.07) is 25.3. The van der Waals surface area contributed by atoms with Gasteiger partial charge in [-0.3, -0.25) is 9.88 Å². The third-order valence-corrected chi connectivity index (χ3v) is 6.34. The molecule has 6 heteroatoms. The maximum Gasteiger partial charge on any atom is 0.178 e. The molecule has 3 heterocycles. The van der Waals surface area contributed by atoms with Crippen LogP contribution in [0.1, 0.15) is 24.0 Å². The lowest BCUT2D eigenvalue weighted by Crippen LogP contribution is -2.69. The predicted molar refractivity (Wildman–Crippen MR) is 124 cm³/mol. The number of likely N-dealkylation sites (tertiary alicyclic amines) is 1. The minimum Gasteiger partial charge on any atom is -0.374 e. The van der Waals surface area contributed by atoms with Crippen molar-refractivity contribution >= 4 is 12.0 Å². The Labute approximate surface area is 183 Å². The number of rotatable bonds is 6. The second-order valence-electron chi connectivity index (χ2n) is 8.35. The van der Waals surface area contributed by atoms with Gasteiger partial charge in [0.1, 0.15) is 0 Å². The van der Waals surface area contributed by atoms with Crippen LogP contribution in [0, 0.1) is 0 Å². The van der Waals surface area contributed by atoms with Gasteiger partial charge in [-0.2, -0.15) is 0 Å². The lowest BCUT2D eigenvalue weighted by molar-refractivity contribution is 0.0795. The largest absolute Gasteiger partial charge is 0.374 e. The second-order valence-corrected chi connectivity index (χ2v) is 8.35. The molecule has 6 nitrogen and oxygen atoms in total. The van der Waals surface area contributed by atoms with Crippen molar-refractivity contribution in [2.75, 3.05) is 18.4 Å². The monoisotopic (exact) mass is 412 g/mol. The molecular formula is C25H28N6. The number of pyridine rings is 1. The van der Waals surface area contributed by atoms with Crippen molar-refractivity contribution in [2.24, 2.45) is 4.99 Å². The predicted octanol–water partition coefficient (Wildman–Crippen LogP) is 3.52. The van der Waals surface area contributed by atoms with E-state index in [-0.39, 0.29) is 5.54 Å². The third-order valence-electron chi connectivity index (χ3n) is 6.34. The number of aliphatic imine (C=N–C) groups is 1. The van der Waals surface area contributed by atoms with Crippen molar-refractivity contribution in [2.45, 2.75) is 30.6 Å². The molecule has 31 heavy (non-hydrogen) atoms. The molecule has 1 aromatic heterocycles. The van der Waals surface area contributed by atoms with E-state index in [1.807, 2.05) is 18.5 Å². The molecule has 0 saturated carbocycles. The van der Waals surface area contributed by atoms with Gasteiger partial charge in [-0.15, -0.1) is 0 Å². The van der Waals surface area contributed by atoms with Gasteiger partial charge in [-0.1, -0.05) is 48.5 Å². The molecule has 158 valence electrons. The van der Waals surface area contributed by atoms with Crippen LogP contribution in [-0.4, -0.2) is 34.9 Å². The average molecular weight is 413 g/mol. The molecule has 0 spiro atoms. The first-order valence-corrected chi connectivity index (χ1v) is 10.9. The number of hydrogen-bond donors (Lipinski definition) is 3. The van der Waals surface area contributed by atoms with Crippen molar-refractivity contribution in [1.82, 2.24) is 20.7 Å². The van der Waals surface area contributed by atoms with Gasteiger partial charge < -0.3 is 10.7 Å². The molecule has 1 saturated heterocycles. The van der Waals surface area contributed by atoms with Crippen LogP contribution in [0.15, 0.2) is 90.2 Å². The van der Waals surface area contributed by atoms with Gasteiger partial charge in [-0.25, -0.2) is 10.4 Å². The fourth-order valence-electron chi connectivity index (χ4n) is 4.96. The summed E-state index contributed by atoms with van der Waals surface area (Å²) in [6.45, 7) is 2.84. The van der Waals surface area contributed by atoms with Crippen molar-refractivity contribution in [3.8, 4) is 0 Å². The zero-order valence-electron chi connectivity index (χ0n) is 17.5. The first-order valence-electron chi connectivity index (χ1n) is 10.9. The van der Waals surface area contributed by atoms with Gasteiger partial charge >= 0.3 is 0 Å². The molecule has 0 aliphatic carbocycles. The molecule has 3 N–H and O–H groups in total. The van der Waals surface area contributed by atoms with E-state index in [2.05, 4.69) is 92.8 Å². The topological polar surface area (TPSA) is 64.6 Å². The highest BCUT2D eigenvalue weighted by molar-refractivity contribution is 5.60. The van der Waals surface area contributed by atoms with E-state index in [1.54, 1.807) is 6.34 Å². The summed E-state index contributed by atoms with van der Waals surface area (Å²) in [7, 11) is 0. The van der Waals surface area contributed by atoms with E-state index in [9.17, 15) is 0 Å². The zero-order chi connectivity index (χ0) is 21.0. The molecule has 0 radical (unpaired) electrons. The molecule has 1 fully saturated rings. The van der Waals surface area contributed by atoms with E-state index in [4.69, 9.17) is 4.99 Å². The maximum absolute atomic E-state index is 5.01. The number of hydrogen-bond acceptors (Lipinski definition) is 6. The Kier molecular flexibility index (Phi) is 5.40. The summed E-state index contributed by atoms with van der Waals surface area (Å²) >= 11 is 0. The number of para-hydroxylation sites is 1. The highest BCUT2D eigenvalue weighted by Gasteiger charge is 2.56. The number of hydrazine groups is 1. The molecule has 2 aliphatic heterocycles. The molecule has 2 aliphatic rings. The average Bonchev–Trinajstić information content (AvgIpc) is 3.33. The van der Waals surface area contributed by atoms with E-state index >= 15 is 0 Å². The molecular weight excluding hydrogens is 384 g/mol. The Hall–Kier alpha value is -3.22. The molecule has 0 bridgehead atoms. The molecule has 2 unspecified atom stereocenters.